The van der Waals surface area contributed by atoms with Crippen molar-refractivity contribution in [2.45, 2.75) is 32.2 Å². The third kappa shape index (κ3) is 3.98. The van der Waals surface area contributed by atoms with Gasteiger partial charge in [-0.05, 0) is 42.2 Å². The Morgan fingerprint density at radius 1 is 0.935 bits per heavy atom. The standard InChI is InChI=1S/C27H27N3O/c1-20-9-5-6-12-22(20)19-30-25-14-8-7-13-24(25)28-27(30)23-17-26(31)29(18-23)16-15-21-10-3-2-4-11-21/h2-14,23H,15-19H2,1H3. The number of para-hydroxylation sites is 2. The van der Waals surface area contributed by atoms with Crippen molar-refractivity contribution in [3.05, 3.63) is 101 Å². The molecule has 1 aliphatic rings. The minimum absolute atomic E-state index is 0.125. The highest BCUT2D eigenvalue weighted by atomic mass is 16.2. The molecule has 4 heteroatoms. The molecule has 2 heterocycles. The summed E-state index contributed by atoms with van der Waals surface area (Å²) in [6, 6.07) is 27.2. The van der Waals surface area contributed by atoms with Crippen molar-refractivity contribution in [1.29, 1.82) is 0 Å². The lowest BCUT2D eigenvalue weighted by atomic mass is 10.1. The Morgan fingerprint density at radius 3 is 2.52 bits per heavy atom. The fraction of sp³-hybridized carbons (Fsp3) is 0.259. The van der Waals surface area contributed by atoms with Crippen LogP contribution in [0.4, 0.5) is 0 Å². The van der Waals surface area contributed by atoms with E-state index in [-0.39, 0.29) is 11.8 Å². The average Bonchev–Trinajstić information content (AvgIpc) is 3.35. The topological polar surface area (TPSA) is 38.1 Å². The first kappa shape index (κ1) is 19.6. The normalized spacial score (nSPS) is 16.4. The molecule has 0 saturated carbocycles. The third-order valence-electron chi connectivity index (χ3n) is 6.37. The highest BCUT2D eigenvalue weighted by molar-refractivity contribution is 5.81. The minimum atomic E-state index is 0.125. The number of hydrogen-bond donors (Lipinski definition) is 0. The molecular formula is C27H27N3O. The van der Waals surface area contributed by atoms with E-state index in [2.05, 4.69) is 78.2 Å². The fourth-order valence-corrected chi connectivity index (χ4v) is 4.60. The van der Waals surface area contributed by atoms with Gasteiger partial charge in [0, 0.05) is 32.0 Å². The van der Waals surface area contributed by atoms with E-state index in [1.54, 1.807) is 0 Å². The van der Waals surface area contributed by atoms with Gasteiger partial charge in [-0.3, -0.25) is 4.79 Å². The van der Waals surface area contributed by atoms with Crippen LogP contribution in [-0.4, -0.2) is 33.4 Å². The van der Waals surface area contributed by atoms with Crippen LogP contribution in [0.1, 0.15) is 34.9 Å². The van der Waals surface area contributed by atoms with Gasteiger partial charge in [0.15, 0.2) is 0 Å². The molecule has 31 heavy (non-hydrogen) atoms. The van der Waals surface area contributed by atoms with Crippen molar-refractivity contribution in [2.75, 3.05) is 13.1 Å². The van der Waals surface area contributed by atoms with Crippen LogP contribution in [-0.2, 0) is 17.8 Å². The first-order valence-electron chi connectivity index (χ1n) is 11.0. The highest BCUT2D eigenvalue weighted by Crippen LogP contribution is 2.31. The number of fused-ring (bicyclic) bond motifs is 1. The number of nitrogens with zero attached hydrogens (tertiary/aromatic N) is 3. The van der Waals surface area contributed by atoms with Crippen LogP contribution >= 0.6 is 0 Å². The lowest BCUT2D eigenvalue weighted by Gasteiger charge is -2.18. The molecule has 1 saturated heterocycles. The molecule has 0 bridgehead atoms. The molecule has 4 nitrogen and oxygen atoms in total. The summed E-state index contributed by atoms with van der Waals surface area (Å²) in [7, 11) is 0. The van der Waals surface area contributed by atoms with E-state index in [1.165, 1.54) is 16.7 Å². The smallest absolute Gasteiger partial charge is 0.223 e. The van der Waals surface area contributed by atoms with Gasteiger partial charge in [0.05, 0.1) is 11.0 Å². The predicted molar refractivity (Wildman–Crippen MR) is 124 cm³/mol. The molecule has 156 valence electrons. The summed E-state index contributed by atoms with van der Waals surface area (Å²) in [5.74, 6) is 1.38. The average molecular weight is 410 g/mol. The van der Waals surface area contributed by atoms with E-state index in [1.807, 2.05) is 17.0 Å². The maximum absolute atomic E-state index is 12.8. The van der Waals surface area contributed by atoms with Crippen LogP contribution in [0.25, 0.3) is 11.0 Å². The lowest BCUT2D eigenvalue weighted by molar-refractivity contribution is -0.127. The molecule has 0 aliphatic carbocycles. The molecule has 5 rings (SSSR count). The molecule has 1 amide bonds. The molecule has 0 radical (unpaired) electrons. The van der Waals surface area contributed by atoms with Crippen LogP contribution in [0.3, 0.4) is 0 Å². The van der Waals surface area contributed by atoms with Crippen molar-refractivity contribution < 1.29 is 4.79 Å². The van der Waals surface area contributed by atoms with Gasteiger partial charge >= 0.3 is 0 Å². The van der Waals surface area contributed by atoms with E-state index in [9.17, 15) is 4.79 Å². The first-order valence-corrected chi connectivity index (χ1v) is 11.0. The van der Waals surface area contributed by atoms with Crippen LogP contribution in [0.5, 0.6) is 0 Å². The summed E-state index contributed by atoms with van der Waals surface area (Å²) >= 11 is 0. The number of likely N-dealkylation sites (tertiary alicyclic amines) is 1. The number of rotatable bonds is 6. The third-order valence-corrected chi connectivity index (χ3v) is 6.37. The van der Waals surface area contributed by atoms with Gasteiger partial charge in [-0.15, -0.1) is 0 Å². The van der Waals surface area contributed by atoms with Crippen LogP contribution < -0.4 is 0 Å². The van der Waals surface area contributed by atoms with Gasteiger partial charge in [0.25, 0.3) is 0 Å². The fourth-order valence-electron chi connectivity index (χ4n) is 4.60. The van der Waals surface area contributed by atoms with Crippen molar-refractivity contribution in [2.24, 2.45) is 0 Å². The molecule has 1 unspecified atom stereocenters. The van der Waals surface area contributed by atoms with E-state index < -0.39 is 0 Å². The van der Waals surface area contributed by atoms with E-state index >= 15 is 0 Å². The van der Waals surface area contributed by atoms with Crippen LogP contribution in [0.2, 0.25) is 0 Å². The van der Waals surface area contributed by atoms with Crippen molar-refractivity contribution in [1.82, 2.24) is 14.5 Å². The number of carbonyl (C=O) groups is 1. The maximum atomic E-state index is 12.8. The van der Waals surface area contributed by atoms with Crippen LogP contribution in [0, 0.1) is 6.92 Å². The Balaban J connectivity index is 1.42. The molecular weight excluding hydrogens is 382 g/mol. The molecule has 0 N–H and O–H groups in total. The Bertz CT molecular complexity index is 1210. The number of hydrogen-bond acceptors (Lipinski definition) is 2. The minimum Gasteiger partial charge on any atom is -0.342 e. The van der Waals surface area contributed by atoms with Crippen molar-refractivity contribution in [3.63, 3.8) is 0 Å². The number of imidazole rings is 1. The van der Waals surface area contributed by atoms with Gasteiger partial charge in [-0.25, -0.2) is 4.98 Å². The number of amides is 1. The monoisotopic (exact) mass is 409 g/mol. The zero-order valence-electron chi connectivity index (χ0n) is 17.9. The molecule has 3 aromatic carbocycles. The SMILES string of the molecule is Cc1ccccc1Cn1c(C2CC(=O)N(CCc3ccccc3)C2)nc2ccccc21. The molecule has 1 aromatic heterocycles. The zero-order chi connectivity index (χ0) is 21.2. The van der Waals surface area contributed by atoms with E-state index in [0.717, 1.165) is 42.9 Å². The quantitative estimate of drug-likeness (QED) is 0.452. The second-order valence-corrected chi connectivity index (χ2v) is 8.45. The first-order chi connectivity index (χ1) is 15.2. The summed E-state index contributed by atoms with van der Waals surface area (Å²) in [5.41, 5.74) is 5.97. The Hall–Kier alpha value is -3.40. The van der Waals surface area contributed by atoms with Gasteiger partial charge < -0.3 is 9.47 Å². The van der Waals surface area contributed by atoms with Crippen molar-refractivity contribution in [3.8, 4) is 0 Å². The van der Waals surface area contributed by atoms with Gasteiger partial charge in [-0.1, -0.05) is 66.7 Å². The van der Waals surface area contributed by atoms with E-state index in [4.69, 9.17) is 4.98 Å². The number of aromatic nitrogens is 2. The number of aryl methyl sites for hydroxylation is 1. The lowest BCUT2D eigenvalue weighted by Crippen LogP contribution is -2.27. The predicted octanol–water partition coefficient (Wildman–Crippen LogP) is 4.95. The number of carbonyl (C=O) groups excluding carboxylic acids is 1. The summed E-state index contributed by atoms with van der Waals surface area (Å²) in [6.45, 7) is 4.43. The van der Waals surface area contributed by atoms with Gasteiger partial charge in [0.1, 0.15) is 5.82 Å². The Morgan fingerprint density at radius 2 is 1.68 bits per heavy atom. The Kier molecular flexibility index (Phi) is 5.29. The summed E-state index contributed by atoms with van der Waals surface area (Å²) < 4.78 is 2.32. The summed E-state index contributed by atoms with van der Waals surface area (Å²) in [5, 5.41) is 0. The second kappa shape index (κ2) is 8.38. The Labute approximate surface area is 183 Å². The summed E-state index contributed by atoms with van der Waals surface area (Å²) in [6.07, 6.45) is 1.42. The largest absolute Gasteiger partial charge is 0.342 e. The molecule has 1 atom stereocenters. The molecule has 0 spiro atoms. The summed E-state index contributed by atoms with van der Waals surface area (Å²) in [4.78, 5) is 19.8. The molecule has 1 fully saturated rings. The maximum Gasteiger partial charge on any atom is 0.223 e. The van der Waals surface area contributed by atoms with Gasteiger partial charge in [0.2, 0.25) is 5.91 Å². The van der Waals surface area contributed by atoms with E-state index in [0.29, 0.717) is 6.42 Å². The highest BCUT2D eigenvalue weighted by Gasteiger charge is 2.33. The second-order valence-electron chi connectivity index (χ2n) is 8.45. The van der Waals surface area contributed by atoms with Crippen LogP contribution in [0.15, 0.2) is 78.9 Å². The van der Waals surface area contributed by atoms with Crippen molar-refractivity contribution >= 4 is 16.9 Å². The molecule has 1 aliphatic heterocycles. The zero-order valence-corrected chi connectivity index (χ0v) is 17.9. The number of benzene rings is 3. The molecule has 4 aromatic rings. The van der Waals surface area contributed by atoms with Gasteiger partial charge in [-0.2, -0.15) is 0 Å².